The Morgan fingerprint density at radius 2 is 1.93 bits per heavy atom. The number of aromatic nitrogens is 3. The molecule has 5 nitrogen and oxygen atoms in total. The van der Waals surface area contributed by atoms with Gasteiger partial charge in [0, 0.05) is 23.4 Å². The number of benzene rings is 2. The average molecular weight is 379 g/mol. The van der Waals surface area contributed by atoms with E-state index >= 15 is 0 Å². The standard InChI is InChI=1S/C21H22N4OS/c1-16-7-6-8-17(15-16)20-23-24-21(27-14-5-3-4-13-22)25(20)18-9-11-19(26-2)12-10-18/h6-12,15H,3-5,14H2,1-2H3. The fraction of sp³-hybridized carbons (Fsp3) is 0.286. The largest absolute Gasteiger partial charge is 0.497 e. The van der Waals surface area contributed by atoms with Gasteiger partial charge in [-0.1, -0.05) is 35.5 Å². The van der Waals surface area contributed by atoms with Gasteiger partial charge in [0.1, 0.15) is 5.75 Å². The zero-order valence-electron chi connectivity index (χ0n) is 15.6. The molecule has 1 aromatic heterocycles. The van der Waals surface area contributed by atoms with Crippen LogP contribution in [0.25, 0.3) is 17.1 Å². The lowest BCUT2D eigenvalue weighted by atomic mass is 10.1. The first kappa shape index (κ1) is 19.0. The quantitative estimate of drug-likeness (QED) is 0.406. The van der Waals surface area contributed by atoms with Gasteiger partial charge < -0.3 is 4.74 Å². The van der Waals surface area contributed by atoms with Crippen molar-refractivity contribution in [1.82, 2.24) is 14.8 Å². The number of rotatable bonds is 8. The van der Waals surface area contributed by atoms with E-state index in [4.69, 9.17) is 10.00 Å². The lowest BCUT2D eigenvalue weighted by molar-refractivity contribution is 0.414. The fourth-order valence-electron chi connectivity index (χ4n) is 2.77. The minimum Gasteiger partial charge on any atom is -0.497 e. The number of hydrogen-bond acceptors (Lipinski definition) is 5. The highest BCUT2D eigenvalue weighted by atomic mass is 32.2. The van der Waals surface area contributed by atoms with Crippen molar-refractivity contribution in [3.05, 3.63) is 54.1 Å². The van der Waals surface area contributed by atoms with Gasteiger partial charge in [-0.3, -0.25) is 4.57 Å². The van der Waals surface area contributed by atoms with Crippen LogP contribution in [0.1, 0.15) is 24.8 Å². The van der Waals surface area contributed by atoms with Crippen LogP contribution in [-0.4, -0.2) is 27.6 Å². The summed E-state index contributed by atoms with van der Waals surface area (Å²) in [6.45, 7) is 2.07. The summed E-state index contributed by atoms with van der Waals surface area (Å²) in [4.78, 5) is 0. The van der Waals surface area contributed by atoms with E-state index in [0.29, 0.717) is 6.42 Å². The Kier molecular flexibility index (Phi) is 6.50. The Morgan fingerprint density at radius 1 is 1.11 bits per heavy atom. The maximum atomic E-state index is 8.68. The molecule has 0 fully saturated rings. The Morgan fingerprint density at radius 3 is 2.63 bits per heavy atom. The number of unbranched alkanes of at least 4 members (excludes halogenated alkanes) is 2. The van der Waals surface area contributed by atoms with E-state index in [1.54, 1.807) is 18.9 Å². The van der Waals surface area contributed by atoms with Crippen LogP contribution in [0.15, 0.2) is 53.7 Å². The Hall–Kier alpha value is -2.78. The molecule has 0 aliphatic carbocycles. The Balaban J connectivity index is 1.94. The molecule has 0 bridgehead atoms. The van der Waals surface area contributed by atoms with Crippen LogP contribution in [0, 0.1) is 18.3 Å². The minimum atomic E-state index is 0.597. The molecule has 0 unspecified atom stereocenters. The molecule has 3 rings (SSSR count). The highest BCUT2D eigenvalue weighted by Gasteiger charge is 2.16. The lowest BCUT2D eigenvalue weighted by Gasteiger charge is -2.11. The Bertz CT molecular complexity index is 928. The molecule has 0 spiro atoms. The summed E-state index contributed by atoms with van der Waals surface area (Å²) < 4.78 is 7.36. The molecular weight excluding hydrogens is 356 g/mol. The van der Waals surface area contributed by atoms with Gasteiger partial charge >= 0.3 is 0 Å². The predicted octanol–water partition coefficient (Wildman–Crippen LogP) is 5.04. The molecule has 0 atom stereocenters. The van der Waals surface area contributed by atoms with Crippen molar-refractivity contribution in [1.29, 1.82) is 5.26 Å². The molecule has 3 aromatic rings. The van der Waals surface area contributed by atoms with E-state index in [2.05, 4.69) is 46.0 Å². The van der Waals surface area contributed by atoms with E-state index in [1.807, 2.05) is 30.3 Å². The third-order valence-corrected chi connectivity index (χ3v) is 5.17. The van der Waals surface area contributed by atoms with Crippen molar-refractivity contribution < 1.29 is 4.74 Å². The molecule has 0 saturated heterocycles. The highest BCUT2D eigenvalue weighted by Crippen LogP contribution is 2.29. The number of methoxy groups -OCH3 is 1. The van der Waals surface area contributed by atoms with Gasteiger partial charge in [0.25, 0.3) is 0 Å². The van der Waals surface area contributed by atoms with Gasteiger partial charge in [-0.2, -0.15) is 5.26 Å². The molecule has 0 radical (unpaired) electrons. The van der Waals surface area contributed by atoms with E-state index < -0.39 is 0 Å². The smallest absolute Gasteiger partial charge is 0.196 e. The van der Waals surface area contributed by atoms with E-state index in [-0.39, 0.29) is 0 Å². The van der Waals surface area contributed by atoms with Gasteiger partial charge in [-0.15, -0.1) is 10.2 Å². The van der Waals surface area contributed by atoms with E-state index in [1.165, 1.54) is 5.56 Å². The second-order valence-corrected chi connectivity index (χ2v) is 7.23. The first-order valence-electron chi connectivity index (χ1n) is 8.89. The summed E-state index contributed by atoms with van der Waals surface area (Å²) in [5.41, 5.74) is 3.22. The molecule has 27 heavy (non-hydrogen) atoms. The molecule has 0 aliphatic rings. The van der Waals surface area contributed by atoms with Crippen LogP contribution in [0.4, 0.5) is 0 Å². The molecule has 138 valence electrons. The second kappa shape index (κ2) is 9.24. The molecule has 1 heterocycles. The zero-order valence-corrected chi connectivity index (χ0v) is 16.4. The summed E-state index contributed by atoms with van der Waals surface area (Å²) >= 11 is 1.67. The van der Waals surface area contributed by atoms with Crippen LogP contribution < -0.4 is 4.74 Å². The van der Waals surface area contributed by atoms with Gasteiger partial charge in [-0.25, -0.2) is 0 Å². The van der Waals surface area contributed by atoms with Gasteiger partial charge in [0.05, 0.1) is 13.2 Å². The molecule has 0 saturated carbocycles. The van der Waals surface area contributed by atoms with Crippen LogP contribution in [0.5, 0.6) is 5.75 Å². The van der Waals surface area contributed by atoms with Gasteiger partial charge in [0.2, 0.25) is 0 Å². The fourth-order valence-corrected chi connectivity index (χ4v) is 3.72. The average Bonchev–Trinajstić information content (AvgIpc) is 3.12. The first-order chi connectivity index (χ1) is 13.2. The van der Waals surface area contributed by atoms with Crippen molar-refractivity contribution in [2.45, 2.75) is 31.3 Å². The summed E-state index contributed by atoms with van der Waals surface area (Å²) in [6.07, 6.45) is 2.48. The second-order valence-electron chi connectivity index (χ2n) is 6.17. The maximum Gasteiger partial charge on any atom is 0.196 e. The number of hydrogen-bond donors (Lipinski definition) is 0. The van der Waals surface area contributed by atoms with Crippen molar-refractivity contribution in [2.24, 2.45) is 0 Å². The molecule has 0 amide bonds. The monoisotopic (exact) mass is 378 g/mol. The van der Waals surface area contributed by atoms with Gasteiger partial charge in [0.15, 0.2) is 11.0 Å². The Labute approximate surface area is 164 Å². The summed E-state index contributed by atoms with van der Waals surface area (Å²) in [6, 6.07) is 18.4. The zero-order chi connectivity index (χ0) is 19.1. The van der Waals surface area contributed by atoms with Crippen molar-refractivity contribution in [3.8, 4) is 28.9 Å². The normalized spacial score (nSPS) is 10.6. The van der Waals surface area contributed by atoms with E-state index in [0.717, 1.165) is 46.6 Å². The van der Waals surface area contributed by atoms with Crippen molar-refractivity contribution in [2.75, 3.05) is 12.9 Å². The predicted molar refractivity (Wildman–Crippen MR) is 108 cm³/mol. The summed E-state index contributed by atoms with van der Waals surface area (Å²) in [5.74, 6) is 2.54. The summed E-state index contributed by atoms with van der Waals surface area (Å²) in [5, 5.41) is 18.4. The molecule has 0 N–H and O–H groups in total. The van der Waals surface area contributed by atoms with Crippen LogP contribution in [0.3, 0.4) is 0 Å². The summed E-state index contributed by atoms with van der Waals surface area (Å²) in [7, 11) is 1.66. The molecule has 6 heteroatoms. The SMILES string of the molecule is COc1ccc(-n2c(SCCCCC#N)nnc2-c2cccc(C)c2)cc1. The third kappa shape index (κ3) is 4.69. The van der Waals surface area contributed by atoms with Crippen LogP contribution in [-0.2, 0) is 0 Å². The number of aryl methyl sites for hydroxylation is 1. The number of ether oxygens (including phenoxy) is 1. The first-order valence-corrected chi connectivity index (χ1v) is 9.88. The van der Waals surface area contributed by atoms with Crippen LogP contribution in [0.2, 0.25) is 0 Å². The highest BCUT2D eigenvalue weighted by molar-refractivity contribution is 7.99. The van der Waals surface area contributed by atoms with Gasteiger partial charge in [-0.05, 0) is 50.1 Å². The lowest BCUT2D eigenvalue weighted by Crippen LogP contribution is -2.00. The number of nitriles is 1. The minimum absolute atomic E-state index is 0.597. The molecular formula is C21H22N4OS. The third-order valence-electron chi connectivity index (χ3n) is 4.15. The van der Waals surface area contributed by atoms with Crippen LogP contribution >= 0.6 is 11.8 Å². The molecule has 2 aromatic carbocycles. The van der Waals surface area contributed by atoms with E-state index in [9.17, 15) is 0 Å². The topological polar surface area (TPSA) is 63.7 Å². The van der Waals surface area contributed by atoms with Crippen molar-refractivity contribution >= 4 is 11.8 Å². The molecule has 0 aliphatic heterocycles. The van der Waals surface area contributed by atoms with Crippen molar-refractivity contribution in [3.63, 3.8) is 0 Å². The number of thioether (sulfide) groups is 1. The number of nitrogens with zero attached hydrogens (tertiary/aromatic N) is 4. The maximum absolute atomic E-state index is 8.68.